The van der Waals surface area contributed by atoms with Crippen LogP contribution in [0.3, 0.4) is 0 Å². The summed E-state index contributed by atoms with van der Waals surface area (Å²) in [7, 11) is 0. The Hall–Kier alpha value is -3.12. The summed E-state index contributed by atoms with van der Waals surface area (Å²) in [5, 5.41) is 2.95. The highest BCUT2D eigenvalue weighted by Gasteiger charge is 2.19. The molecule has 0 unspecified atom stereocenters. The van der Waals surface area contributed by atoms with Crippen LogP contribution in [0, 0.1) is 6.92 Å². The molecule has 4 rings (SSSR count). The average molecular weight is 377 g/mol. The van der Waals surface area contributed by atoms with Crippen molar-refractivity contribution in [1.29, 1.82) is 0 Å². The minimum absolute atomic E-state index is 0.156. The van der Waals surface area contributed by atoms with E-state index in [1.54, 1.807) is 0 Å². The Morgan fingerprint density at radius 3 is 2.63 bits per heavy atom. The fourth-order valence-electron chi connectivity index (χ4n) is 2.94. The van der Waals surface area contributed by atoms with Crippen LogP contribution in [0.1, 0.15) is 22.3 Å². The van der Waals surface area contributed by atoms with E-state index in [4.69, 9.17) is 4.74 Å². The van der Waals surface area contributed by atoms with E-state index in [1.807, 2.05) is 79.0 Å². The molecule has 136 valence electrons. The second-order valence-electron chi connectivity index (χ2n) is 6.04. The normalized spacial score (nSPS) is 10.9. The van der Waals surface area contributed by atoms with Gasteiger partial charge in [-0.25, -0.2) is 4.98 Å². The van der Waals surface area contributed by atoms with Gasteiger partial charge in [-0.3, -0.25) is 9.20 Å². The Balaban J connectivity index is 1.63. The lowest BCUT2D eigenvalue weighted by atomic mass is 10.2. The van der Waals surface area contributed by atoms with Crippen LogP contribution in [0.5, 0.6) is 5.75 Å². The van der Waals surface area contributed by atoms with E-state index in [1.165, 1.54) is 11.3 Å². The van der Waals surface area contributed by atoms with Crippen molar-refractivity contribution >= 4 is 27.9 Å². The second kappa shape index (κ2) is 7.25. The molecule has 0 radical (unpaired) electrons. The zero-order valence-corrected chi connectivity index (χ0v) is 15.9. The number of nitrogens with one attached hydrogen (secondary N) is 1. The van der Waals surface area contributed by atoms with Crippen LogP contribution in [0.2, 0.25) is 0 Å². The molecule has 4 aromatic rings. The van der Waals surface area contributed by atoms with Crippen LogP contribution in [-0.2, 0) is 0 Å². The number of hydrogen-bond acceptors (Lipinski definition) is 4. The third-order valence-electron chi connectivity index (χ3n) is 4.27. The molecular weight excluding hydrogens is 358 g/mol. The van der Waals surface area contributed by atoms with Crippen LogP contribution in [0.15, 0.2) is 60.8 Å². The first-order valence-electron chi connectivity index (χ1n) is 8.74. The number of anilines is 1. The van der Waals surface area contributed by atoms with Gasteiger partial charge in [-0.2, -0.15) is 0 Å². The summed E-state index contributed by atoms with van der Waals surface area (Å²) >= 11 is 1.38. The van der Waals surface area contributed by atoms with Gasteiger partial charge in [0, 0.05) is 17.5 Å². The Labute approximate surface area is 161 Å². The summed E-state index contributed by atoms with van der Waals surface area (Å²) in [6.45, 7) is 4.39. The Morgan fingerprint density at radius 2 is 1.89 bits per heavy atom. The highest BCUT2D eigenvalue weighted by Crippen LogP contribution is 2.29. The van der Waals surface area contributed by atoms with Gasteiger partial charge in [0.05, 0.1) is 18.0 Å². The number of rotatable bonds is 5. The maximum atomic E-state index is 12.8. The van der Waals surface area contributed by atoms with E-state index in [0.717, 1.165) is 21.9 Å². The standard InChI is InChI=1S/C21H19N3O2S/c1-3-26-18-12-8-7-11-16(18)22-20(25)19-14(2)24-13-17(23-21(24)27-19)15-9-5-4-6-10-15/h4-13H,3H2,1-2H3,(H,22,25). The van der Waals surface area contributed by atoms with Gasteiger partial charge in [0.1, 0.15) is 10.6 Å². The van der Waals surface area contributed by atoms with Crippen molar-refractivity contribution in [3.05, 3.63) is 71.4 Å². The molecule has 1 amide bonds. The van der Waals surface area contributed by atoms with E-state index in [0.29, 0.717) is 22.9 Å². The van der Waals surface area contributed by atoms with Gasteiger partial charge in [-0.05, 0) is 26.0 Å². The van der Waals surface area contributed by atoms with E-state index < -0.39 is 0 Å². The van der Waals surface area contributed by atoms with Crippen LogP contribution in [0.4, 0.5) is 5.69 Å². The number of aromatic nitrogens is 2. The van der Waals surface area contributed by atoms with Crippen LogP contribution >= 0.6 is 11.3 Å². The van der Waals surface area contributed by atoms with Crippen LogP contribution in [-0.4, -0.2) is 21.9 Å². The number of carbonyl (C=O) groups is 1. The van der Waals surface area contributed by atoms with Gasteiger partial charge in [0.15, 0.2) is 4.96 Å². The number of imidazole rings is 1. The molecule has 0 fully saturated rings. The van der Waals surface area contributed by atoms with Crippen LogP contribution < -0.4 is 10.1 Å². The maximum Gasteiger partial charge on any atom is 0.267 e. The molecule has 0 bridgehead atoms. The van der Waals surface area contributed by atoms with Crippen molar-refractivity contribution in [3.63, 3.8) is 0 Å². The smallest absolute Gasteiger partial charge is 0.267 e. The molecule has 2 heterocycles. The number of fused-ring (bicyclic) bond motifs is 1. The number of para-hydroxylation sites is 2. The molecule has 6 heteroatoms. The van der Waals surface area contributed by atoms with E-state index >= 15 is 0 Å². The molecule has 1 N–H and O–H groups in total. The van der Waals surface area contributed by atoms with Crippen molar-refractivity contribution < 1.29 is 9.53 Å². The highest BCUT2D eigenvalue weighted by molar-refractivity contribution is 7.19. The summed E-state index contributed by atoms with van der Waals surface area (Å²) in [4.78, 5) is 18.9. The maximum absolute atomic E-state index is 12.8. The Kier molecular flexibility index (Phi) is 4.64. The lowest BCUT2D eigenvalue weighted by Crippen LogP contribution is -2.13. The summed E-state index contributed by atoms with van der Waals surface area (Å²) in [6.07, 6.45) is 1.97. The second-order valence-corrected chi connectivity index (χ2v) is 7.02. The van der Waals surface area contributed by atoms with Crippen LogP contribution in [0.25, 0.3) is 16.2 Å². The van der Waals surface area contributed by atoms with Crippen molar-refractivity contribution in [2.75, 3.05) is 11.9 Å². The van der Waals surface area contributed by atoms with E-state index in [9.17, 15) is 4.79 Å². The minimum Gasteiger partial charge on any atom is -0.492 e. The molecular formula is C21H19N3O2S. The predicted octanol–water partition coefficient (Wildman–Crippen LogP) is 5.02. The topological polar surface area (TPSA) is 55.6 Å². The number of amides is 1. The van der Waals surface area contributed by atoms with Gasteiger partial charge in [0.2, 0.25) is 0 Å². The van der Waals surface area contributed by atoms with E-state index in [-0.39, 0.29) is 5.91 Å². The molecule has 0 aliphatic carbocycles. The third-order valence-corrected chi connectivity index (χ3v) is 5.42. The molecule has 2 aromatic carbocycles. The van der Waals surface area contributed by atoms with Gasteiger partial charge in [-0.1, -0.05) is 53.8 Å². The SMILES string of the molecule is CCOc1ccccc1NC(=O)c1sc2nc(-c3ccccc3)cn2c1C. The predicted molar refractivity (Wildman–Crippen MR) is 109 cm³/mol. The van der Waals surface area contributed by atoms with Gasteiger partial charge >= 0.3 is 0 Å². The van der Waals surface area contributed by atoms with Crippen molar-refractivity contribution in [2.24, 2.45) is 0 Å². The molecule has 0 aliphatic heterocycles. The fourth-order valence-corrected chi connectivity index (χ4v) is 3.94. The summed E-state index contributed by atoms with van der Waals surface area (Å²) in [5.41, 5.74) is 3.50. The fraction of sp³-hybridized carbons (Fsp3) is 0.143. The van der Waals surface area contributed by atoms with Crippen molar-refractivity contribution in [1.82, 2.24) is 9.38 Å². The summed E-state index contributed by atoms with van der Waals surface area (Å²) < 4.78 is 7.55. The first-order valence-corrected chi connectivity index (χ1v) is 9.56. The third kappa shape index (κ3) is 3.31. The molecule has 2 aromatic heterocycles. The van der Waals surface area contributed by atoms with Crippen molar-refractivity contribution in [2.45, 2.75) is 13.8 Å². The number of thiazole rings is 1. The summed E-state index contributed by atoms with van der Waals surface area (Å²) in [5.74, 6) is 0.509. The summed E-state index contributed by atoms with van der Waals surface area (Å²) in [6, 6.07) is 17.5. The lowest BCUT2D eigenvalue weighted by molar-refractivity contribution is 0.102. The Morgan fingerprint density at radius 1 is 1.15 bits per heavy atom. The molecule has 0 spiro atoms. The highest BCUT2D eigenvalue weighted by atomic mass is 32.1. The average Bonchev–Trinajstić information content (AvgIpc) is 3.24. The monoisotopic (exact) mass is 377 g/mol. The number of aryl methyl sites for hydroxylation is 1. The van der Waals surface area contributed by atoms with Gasteiger partial charge < -0.3 is 10.1 Å². The van der Waals surface area contributed by atoms with E-state index in [2.05, 4.69) is 10.3 Å². The first kappa shape index (κ1) is 17.3. The largest absolute Gasteiger partial charge is 0.492 e. The molecule has 0 saturated heterocycles. The van der Waals surface area contributed by atoms with Gasteiger partial charge in [0.25, 0.3) is 5.91 Å². The molecule has 0 atom stereocenters. The number of ether oxygens (including phenoxy) is 1. The Bertz CT molecular complexity index is 1100. The number of carbonyl (C=O) groups excluding carboxylic acids is 1. The van der Waals surface area contributed by atoms with Gasteiger partial charge in [-0.15, -0.1) is 0 Å². The molecule has 27 heavy (non-hydrogen) atoms. The van der Waals surface area contributed by atoms with Crippen molar-refractivity contribution in [3.8, 4) is 17.0 Å². The molecule has 0 aliphatic rings. The minimum atomic E-state index is -0.156. The molecule has 0 saturated carbocycles. The quantitative estimate of drug-likeness (QED) is 0.531. The number of benzene rings is 2. The number of hydrogen-bond donors (Lipinski definition) is 1. The lowest BCUT2D eigenvalue weighted by Gasteiger charge is -2.10. The zero-order chi connectivity index (χ0) is 18.8. The first-order chi connectivity index (χ1) is 13.2. The zero-order valence-electron chi connectivity index (χ0n) is 15.1. The number of nitrogens with zero attached hydrogens (tertiary/aromatic N) is 2. The molecule has 5 nitrogen and oxygen atoms in total.